The standard InChI is InChI=1S/C6H13O2/c1-5(2)3-6(8)4-7/h5-7H,3-4H2,1-2H3. The summed E-state index contributed by atoms with van der Waals surface area (Å²) in [6.07, 6.45) is -0.189. The summed E-state index contributed by atoms with van der Waals surface area (Å²) in [5.41, 5.74) is 0. The van der Waals surface area contributed by atoms with Crippen LogP contribution in [0.15, 0.2) is 0 Å². The highest BCUT2D eigenvalue weighted by atomic mass is 16.3. The maximum Gasteiger partial charge on any atom is 0.116 e. The Balaban J connectivity index is 3.10. The van der Waals surface area contributed by atoms with Gasteiger partial charge >= 0.3 is 0 Å². The van der Waals surface area contributed by atoms with Gasteiger partial charge in [0.25, 0.3) is 0 Å². The number of hydrogen-bond donors (Lipinski definition) is 1. The van der Waals surface area contributed by atoms with Crippen molar-refractivity contribution in [2.45, 2.75) is 26.4 Å². The molecule has 49 valence electrons. The van der Waals surface area contributed by atoms with Crippen LogP contribution in [0, 0.1) is 5.92 Å². The Kier molecular flexibility index (Phi) is 3.83. The van der Waals surface area contributed by atoms with Crippen LogP contribution in [0.1, 0.15) is 20.3 Å². The summed E-state index contributed by atoms with van der Waals surface area (Å²) in [6.45, 7) is 3.72. The molecule has 0 aliphatic rings. The summed E-state index contributed by atoms with van der Waals surface area (Å²) in [5.74, 6) is 0.407. The van der Waals surface area contributed by atoms with Crippen LogP contribution in [0.25, 0.3) is 0 Å². The van der Waals surface area contributed by atoms with Gasteiger partial charge in [-0.25, -0.2) is 5.11 Å². The first-order valence-corrected chi connectivity index (χ1v) is 2.93. The quantitative estimate of drug-likeness (QED) is 0.584. The lowest BCUT2D eigenvalue weighted by Gasteiger charge is -2.05. The summed E-state index contributed by atoms with van der Waals surface area (Å²) in [7, 11) is 0. The van der Waals surface area contributed by atoms with Crippen molar-refractivity contribution in [2.75, 3.05) is 6.61 Å². The smallest absolute Gasteiger partial charge is 0.116 e. The van der Waals surface area contributed by atoms with Gasteiger partial charge in [-0.1, -0.05) is 13.8 Å². The largest absolute Gasteiger partial charge is 0.394 e. The zero-order valence-electron chi connectivity index (χ0n) is 5.42. The van der Waals surface area contributed by atoms with Crippen LogP contribution in [0.2, 0.25) is 0 Å². The number of aliphatic hydroxyl groups excluding tert-OH is 1. The summed E-state index contributed by atoms with van der Waals surface area (Å²) in [6, 6.07) is 0. The molecule has 0 aromatic carbocycles. The van der Waals surface area contributed by atoms with E-state index < -0.39 is 6.10 Å². The molecule has 0 fully saturated rings. The average molecular weight is 117 g/mol. The summed E-state index contributed by atoms with van der Waals surface area (Å²) >= 11 is 0. The van der Waals surface area contributed by atoms with Crippen molar-refractivity contribution < 1.29 is 10.2 Å². The normalized spacial score (nSPS) is 14.6. The molecular formula is C6H13O2. The predicted molar refractivity (Wildman–Crippen MR) is 31.0 cm³/mol. The first-order valence-electron chi connectivity index (χ1n) is 2.93. The van der Waals surface area contributed by atoms with Crippen LogP contribution in [0.5, 0.6) is 0 Å². The van der Waals surface area contributed by atoms with Gasteiger partial charge in [0.1, 0.15) is 6.10 Å². The second-order valence-corrected chi connectivity index (χ2v) is 2.43. The molecule has 1 atom stereocenters. The van der Waals surface area contributed by atoms with Crippen molar-refractivity contribution in [3.05, 3.63) is 0 Å². The molecule has 0 saturated carbocycles. The van der Waals surface area contributed by atoms with Gasteiger partial charge in [0.05, 0.1) is 6.61 Å². The van der Waals surface area contributed by atoms with E-state index in [1.54, 1.807) is 0 Å². The van der Waals surface area contributed by atoms with Crippen LogP contribution in [-0.4, -0.2) is 17.8 Å². The lowest BCUT2D eigenvalue weighted by molar-refractivity contribution is 0.0209. The molecule has 0 aliphatic carbocycles. The molecule has 8 heavy (non-hydrogen) atoms. The monoisotopic (exact) mass is 117 g/mol. The van der Waals surface area contributed by atoms with Gasteiger partial charge < -0.3 is 5.11 Å². The van der Waals surface area contributed by atoms with Crippen molar-refractivity contribution in [2.24, 2.45) is 5.92 Å². The van der Waals surface area contributed by atoms with E-state index >= 15 is 0 Å². The molecule has 1 radical (unpaired) electrons. The Hall–Kier alpha value is -0.0800. The zero-order valence-corrected chi connectivity index (χ0v) is 5.42. The minimum absolute atomic E-state index is 0.224. The summed E-state index contributed by atoms with van der Waals surface area (Å²) in [5, 5.41) is 18.7. The number of rotatable bonds is 3. The summed E-state index contributed by atoms with van der Waals surface area (Å²) in [4.78, 5) is 0. The van der Waals surface area contributed by atoms with E-state index in [9.17, 15) is 5.11 Å². The molecule has 2 heteroatoms. The Morgan fingerprint density at radius 2 is 2.00 bits per heavy atom. The maximum absolute atomic E-state index is 10.5. The average Bonchev–Trinajstić information content (AvgIpc) is 1.65. The van der Waals surface area contributed by atoms with Gasteiger partial charge in [0, 0.05) is 0 Å². The topological polar surface area (TPSA) is 40.1 Å². The minimum Gasteiger partial charge on any atom is -0.394 e. The van der Waals surface area contributed by atoms with Gasteiger partial charge in [-0.15, -0.1) is 0 Å². The van der Waals surface area contributed by atoms with E-state index in [1.165, 1.54) is 0 Å². The molecule has 0 saturated heterocycles. The predicted octanol–water partition coefficient (Wildman–Crippen LogP) is 0.824. The van der Waals surface area contributed by atoms with Crippen LogP contribution in [0.3, 0.4) is 0 Å². The molecule has 0 bridgehead atoms. The molecule has 2 nitrogen and oxygen atoms in total. The lowest BCUT2D eigenvalue weighted by Crippen LogP contribution is -2.12. The van der Waals surface area contributed by atoms with Crippen molar-refractivity contribution in [3.63, 3.8) is 0 Å². The molecular weight excluding hydrogens is 104 g/mol. The van der Waals surface area contributed by atoms with E-state index in [4.69, 9.17) is 5.11 Å². The van der Waals surface area contributed by atoms with Gasteiger partial charge in [-0.3, -0.25) is 0 Å². The molecule has 0 heterocycles. The van der Waals surface area contributed by atoms with Crippen molar-refractivity contribution in [1.82, 2.24) is 0 Å². The fraction of sp³-hybridized carbons (Fsp3) is 1.00. The molecule has 0 rings (SSSR count). The van der Waals surface area contributed by atoms with E-state index in [0.717, 1.165) is 0 Å². The minimum atomic E-state index is -0.769. The van der Waals surface area contributed by atoms with Crippen LogP contribution in [0.4, 0.5) is 0 Å². The summed E-state index contributed by atoms with van der Waals surface area (Å²) < 4.78 is 0. The Morgan fingerprint density at radius 3 is 2.12 bits per heavy atom. The van der Waals surface area contributed by atoms with Crippen molar-refractivity contribution in [3.8, 4) is 0 Å². The van der Waals surface area contributed by atoms with E-state index in [0.29, 0.717) is 12.3 Å². The molecule has 0 spiro atoms. The third kappa shape index (κ3) is 4.09. The molecule has 0 aliphatic heterocycles. The Morgan fingerprint density at radius 1 is 1.50 bits per heavy atom. The van der Waals surface area contributed by atoms with Gasteiger partial charge in [-0.2, -0.15) is 0 Å². The highest BCUT2D eigenvalue weighted by molar-refractivity contribution is 4.54. The van der Waals surface area contributed by atoms with Crippen molar-refractivity contribution in [1.29, 1.82) is 0 Å². The van der Waals surface area contributed by atoms with Crippen LogP contribution in [-0.2, 0) is 5.11 Å². The highest BCUT2D eigenvalue weighted by Gasteiger charge is 2.05. The SMILES string of the molecule is CC(C)CC([O])CO. The first kappa shape index (κ1) is 7.92. The Labute approximate surface area is 50.2 Å². The number of aliphatic hydroxyl groups is 1. The fourth-order valence-electron chi connectivity index (χ4n) is 0.600. The van der Waals surface area contributed by atoms with E-state index in [-0.39, 0.29) is 6.61 Å². The second kappa shape index (κ2) is 3.87. The van der Waals surface area contributed by atoms with Gasteiger partial charge in [0.2, 0.25) is 0 Å². The third-order valence-corrected chi connectivity index (χ3v) is 0.938. The van der Waals surface area contributed by atoms with E-state index in [1.807, 2.05) is 13.8 Å². The first-order chi connectivity index (χ1) is 3.66. The van der Waals surface area contributed by atoms with Gasteiger partial charge in [-0.05, 0) is 12.3 Å². The third-order valence-electron chi connectivity index (χ3n) is 0.938. The zero-order chi connectivity index (χ0) is 6.57. The van der Waals surface area contributed by atoms with E-state index in [2.05, 4.69) is 0 Å². The fourth-order valence-corrected chi connectivity index (χ4v) is 0.600. The Bertz CT molecular complexity index is 52.5. The number of hydrogen-bond acceptors (Lipinski definition) is 1. The highest BCUT2D eigenvalue weighted by Crippen LogP contribution is 2.03. The molecule has 0 aromatic rings. The van der Waals surface area contributed by atoms with Crippen molar-refractivity contribution >= 4 is 0 Å². The lowest BCUT2D eigenvalue weighted by atomic mass is 10.1. The maximum atomic E-state index is 10.5. The molecule has 1 unspecified atom stereocenters. The second-order valence-electron chi connectivity index (χ2n) is 2.43. The molecule has 0 aromatic heterocycles. The molecule has 1 N–H and O–H groups in total. The van der Waals surface area contributed by atoms with Crippen LogP contribution >= 0.6 is 0 Å². The van der Waals surface area contributed by atoms with Crippen LogP contribution < -0.4 is 0 Å². The molecule has 0 amide bonds. The van der Waals surface area contributed by atoms with Gasteiger partial charge in [0.15, 0.2) is 0 Å².